The van der Waals surface area contributed by atoms with Crippen LogP contribution in [-0.4, -0.2) is 27.6 Å². The molecule has 0 aliphatic rings. The second kappa shape index (κ2) is 6.05. The van der Waals surface area contributed by atoms with E-state index in [0.29, 0.717) is 12.4 Å². The average molecular weight is 287 g/mol. The van der Waals surface area contributed by atoms with Gasteiger partial charge in [-0.05, 0) is 11.0 Å². The average Bonchev–Trinajstić information content (AvgIpc) is 2.86. The summed E-state index contributed by atoms with van der Waals surface area (Å²) >= 11 is 0. The van der Waals surface area contributed by atoms with Crippen molar-refractivity contribution in [2.24, 2.45) is 5.73 Å². The van der Waals surface area contributed by atoms with Crippen LogP contribution in [0.3, 0.4) is 0 Å². The van der Waals surface area contributed by atoms with Crippen LogP contribution in [0.4, 0.5) is 5.95 Å². The Morgan fingerprint density at radius 2 is 1.95 bits per heavy atom. The zero-order valence-corrected chi connectivity index (χ0v) is 12.6. The maximum Gasteiger partial charge on any atom is 0.249 e. The quantitative estimate of drug-likeness (QED) is 0.801. The summed E-state index contributed by atoms with van der Waals surface area (Å²) in [5.74, 6) is 0.702. The van der Waals surface area contributed by atoms with Crippen molar-refractivity contribution < 1.29 is 4.79 Å². The van der Waals surface area contributed by atoms with Gasteiger partial charge in [-0.1, -0.05) is 45.0 Å². The number of anilines is 1. The Labute approximate surface area is 124 Å². The molecule has 0 aliphatic heterocycles. The smallest absolute Gasteiger partial charge is 0.249 e. The number of rotatable bonds is 4. The lowest BCUT2D eigenvalue weighted by molar-refractivity contribution is -0.116. The molecule has 0 atom stereocenters. The summed E-state index contributed by atoms with van der Waals surface area (Å²) in [6.07, 6.45) is 0.254. The highest BCUT2D eigenvalue weighted by atomic mass is 16.1. The Kier molecular flexibility index (Phi) is 4.37. The van der Waals surface area contributed by atoms with E-state index in [1.54, 1.807) is 0 Å². The van der Waals surface area contributed by atoms with Crippen molar-refractivity contribution in [2.75, 3.05) is 11.9 Å². The molecular formula is C15H21N5O. The highest BCUT2D eigenvalue weighted by Gasteiger charge is 2.14. The highest BCUT2D eigenvalue weighted by Crippen LogP contribution is 2.24. The minimum absolute atomic E-state index is 0.112. The lowest BCUT2D eigenvalue weighted by atomic mass is 9.87. The molecule has 112 valence electrons. The first-order valence-corrected chi connectivity index (χ1v) is 6.93. The maximum absolute atomic E-state index is 11.4. The number of carbonyl (C=O) groups is 1. The number of nitrogens with one attached hydrogen (secondary N) is 2. The van der Waals surface area contributed by atoms with Crippen molar-refractivity contribution in [3.63, 3.8) is 0 Å². The first-order chi connectivity index (χ1) is 9.90. The van der Waals surface area contributed by atoms with E-state index in [9.17, 15) is 4.79 Å². The maximum atomic E-state index is 11.4. The lowest BCUT2D eigenvalue weighted by Gasteiger charge is -2.18. The van der Waals surface area contributed by atoms with Crippen LogP contribution in [-0.2, 0) is 10.2 Å². The van der Waals surface area contributed by atoms with E-state index in [4.69, 9.17) is 5.73 Å². The fourth-order valence-electron chi connectivity index (χ4n) is 1.89. The molecule has 0 aliphatic carbocycles. The van der Waals surface area contributed by atoms with Gasteiger partial charge in [-0.15, -0.1) is 5.10 Å². The first kappa shape index (κ1) is 15.2. The second-order valence-corrected chi connectivity index (χ2v) is 5.92. The third kappa shape index (κ3) is 3.88. The summed E-state index contributed by atoms with van der Waals surface area (Å²) in [4.78, 5) is 15.7. The molecule has 1 amide bonds. The van der Waals surface area contributed by atoms with Crippen molar-refractivity contribution in [1.29, 1.82) is 0 Å². The summed E-state index contributed by atoms with van der Waals surface area (Å²) in [5.41, 5.74) is 7.61. The molecular weight excluding hydrogens is 266 g/mol. The summed E-state index contributed by atoms with van der Waals surface area (Å²) < 4.78 is 0. The molecule has 0 saturated carbocycles. The van der Waals surface area contributed by atoms with Crippen LogP contribution in [0.5, 0.6) is 0 Å². The van der Waals surface area contributed by atoms with E-state index in [1.807, 2.05) is 12.1 Å². The van der Waals surface area contributed by atoms with Gasteiger partial charge in [-0.25, -0.2) is 0 Å². The molecule has 21 heavy (non-hydrogen) atoms. The molecule has 2 aromatic rings. The van der Waals surface area contributed by atoms with Crippen molar-refractivity contribution in [2.45, 2.75) is 32.6 Å². The predicted molar refractivity (Wildman–Crippen MR) is 82.8 cm³/mol. The minimum atomic E-state index is -0.189. The van der Waals surface area contributed by atoms with Crippen molar-refractivity contribution in [1.82, 2.24) is 15.2 Å². The van der Waals surface area contributed by atoms with E-state index in [-0.39, 0.29) is 23.7 Å². The number of benzene rings is 1. The van der Waals surface area contributed by atoms with Crippen molar-refractivity contribution >= 4 is 11.9 Å². The Balaban J connectivity index is 2.12. The van der Waals surface area contributed by atoms with E-state index in [1.165, 1.54) is 5.56 Å². The third-order valence-corrected chi connectivity index (χ3v) is 3.13. The summed E-state index contributed by atoms with van der Waals surface area (Å²) in [6, 6.07) is 8.13. The number of aromatic nitrogens is 3. The van der Waals surface area contributed by atoms with Gasteiger partial charge in [0.2, 0.25) is 11.9 Å². The Bertz CT molecular complexity index is 610. The highest BCUT2D eigenvalue weighted by molar-refractivity contribution is 5.89. The number of hydrogen-bond donors (Lipinski definition) is 3. The molecule has 1 heterocycles. The number of H-pyrrole nitrogens is 1. The number of nitrogens with zero attached hydrogens (tertiary/aromatic N) is 2. The number of amides is 1. The lowest BCUT2D eigenvalue weighted by Crippen LogP contribution is -2.16. The minimum Gasteiger partial charge on any atom is -0.330 e. The fourth-order valence-corrected chi connectivity index (χ4v) is 1.89. The zero-order chi connectivity index (χ0) is 15.5. The Hall–Kier alpha value is -2.21. The standard InChI is InChI=1S/C15H21N5O/c1-15(2,3)11-6-4-10(5-7-11)13-18-14(20-19-13)17-12(21)8-9-16/h4-7H,8-9,16H2,1-3H3,(H2,17,18,19,20,21). The molecule has 1 aromatic heterocycles. The van der Waals surface area contributed by atoms with Gasteiger partial charge in [-0.2, -0.15) is 4.98 Å². The van der Waals surface area contributed by atoms with E-state index >= 15 is 0 Å². The molecule has 0 unspecified atom stereocenters. The van der Waals surface area contributed by atoms with E-state index in [0.717, 1.165) is 5.56 Å². The van der Waals surface area contributed by atoms with E-state index < -0.39 is 0 Å². The van der Waals surface area contributed by atoms with Gasteiger partial charge in [0, 0.05) is 18.5 Å². The van der Waals surface area contributed by atoms with Gasteiger partial charge < -0.3 is 5.73 Å². The normalized spacial score (nSPS) is 11.4. The van der Waals surface area contributed by atoms with E-state index in [2.05, 4.69) is 53.4 Å². The number of hydrogen-bond acceptors (Lipinski definition) is 4. The van der Waals surface area contributed by atoms with Gasteiger partial charge in [0.05, 0.1) is 0 Å². The summed E-state index contributed by atoms with van der Waals surface area (Å²) in [6.45, 7) is 6.81. The molecule has 0 fully saturated rings. The number of carbonyl (C=O) groups excluding carboxylic acids is 1. The largest absolute Gasteiger partial charge is 0.330 e. The molecule has 0 saturated heterocycles. The fraction of sp³-hybridized carbons (Fsp3) is 0.400. The monoisotopic (exact) mass is 287 g/mol. The van der Waals surface area contributed by atoms with Crippen LogP contribution in [0.2, 0.25) is 0 Å². The molecule has 4 N–H and O–H groups in total. The number of aromatic amines is 1. The Morgan fingerprint density at radius 1 is 1.29 bits per heavy atom. The van der Waals surface area contributed by atoms with Crippen LogP contribution < -0.4 is 11.1 Å². The zero-order valence-electron chi connectivity index (χ0n) is 12.6. The molecule has 1 aromatic carbocycles. The van der Waals surface area contributed by atoms with Crippen LogP contribution in [0, 0.1) is 0 Å². The van der Waals surface area contributed by atoms with Crippen molar-refractivity contribution in [3.8, 4) is 11.4 Å². The van der Waals surface area contributed by atoms with Crippen molar-refractivity contribution in [3.05, 3.63) is 29.8 Å². The topological polar surface area (TPSA) is 96.7 Å². The van der Waals surface area contributed by atoms with Crippen LogP contribution in [0.25, 0.3) is 11.4 Å². The van der Waals surface area contributed by atoms with Crippen LogP contribution in [0.1, 0.15) is 32.8 Å². The molecule has 6 heteroatoms. The van der Waals surface area contributed by atoms with Gasteiger partial charge in [-0.3, -0.25) is 15.2 Å². The molecule has 0 radical (unpaired) electrons. The first-order valence-electron chi connectivity index (χ1n) is 6.93. The van der Waals surface area contributed by atoms with Gasteiger partial charge in [0.15, 0.2) is 5.82 Å². The second-order valence-electron chi connectivity index (χ2n) is 5.92. The molecule has 2 rings (SSSR count). The summed E-state index contributed by atoms with van der Waals surface area (Å²) in [5, 5.41) is 9.39. The Morgan fingerprint density at radius 3 is 2.52 bits per heavy atom. The van der Waals surface area contributed by atoms with Gasteiger partial charge in [0.25, 0.3) is 0 Å². The van der Waals surface area contributed by atoms with Crippen LogP contribution >= 0.6 is 0 Å². The molecule has 6 nitrogen and oxygen atoms in total. The van der Waals surface area contributed by atoms with Gasteiger partial charge >= 0.3 is 0 Å². The molecule has 0 spiro atoms. The van der Waals surface area contributed by atoms with Crippen LogP contribution in [0.15, 0.2) is 24.3 Å². The number of nitrogens with two attached hydrogens (primary N) is 1. The molecule has 0 bridgehead atoms. The van der Waals surface area contributed by atoms with Gasteiger partial charge in [0.1, 0.15) is 0 Å². The SMILES string of the molecule is CC(C)(C)c1ccc(-c2nc(NC(=O)CCN)n[nH]2)cc1. The predicted octanol–water partition coefficient (Wildman–Crippen LogP) is 2.06. The summed E-state index contributed by atoms with van der Waals surface area (Å²) in [7, 11) is 0. The third-order valence-electron chi connectivity index (χ3n) is 3.13.